The first-order chi connectivity index (χ1) is 13.9. The summed E-state index contributed by atoms with van der Waals surface area (Å²) in [6, 6.07) is 16.2. The fourth-order valence-corrected chi connectivity index (χ4v) is 3.53. The molecule has 0 aliphatic rings. The van der Waals surface area contributed by atoms with E-state index in [2.05, 4.69) is 15.3 Å². The molecule has 3 aromatic rings. The van der Waals surface area contributed by atoms with Crippen molar-refractivity contribution in [1.82, 2.24) is 9.97 Å². The van der Waals surface area contributed by atoms with Crippen LogP contribution in [0.4, 0.5) is 5.69 Å². The SMILES string of the molecule is Cc1ccc(NC(=O)C(C)Sc2nc(-c3ccccc3)c(C#N)c(=O)[nH]2)cc1Cl. The molecular weight excluding hydrogens is 408 g/mol. The largest absolute Gasteiger partial charge is 0.325 e. The number of amides is 1. The van der Waals surface area contributed by atoms with Crippen LogP contribution in [0.25, 0.3) is 11.3 Å². The summed E-state index contributed by atoms with van der Waals surface area (Å²) < 4.78 is 0. The van der Waals surface area contributed by atoms with E-state index in [1.807, 2.05) is 25.1 Å². The molecule has 0 aliphatic heterocycles. The lowest BCUT2D eigenvalue weighted by atomic mass is 10.1. The van der Waals surface area contributed by atoms with Gasteiger partial charge in [0.1, 0.15) is 11.6 Å². The van der Waals surface area contributed by atoms with Gasteiger partial charge in [0.05, 0.1) is 10.9 Å². The molecule has 3 rings (SSSR count). The molecule has 6 nitrogen and oxygen atoms in total. The molecule has 8 heteroatoms. The number of aryl methyl sites for hydroxylation is 1. The summed E-state index contributed by atoms with van der Waals surface area (Å²) >= 11 is 7.20. The number of nitriles is 1. The van der Waals surface area contributed by atoms with Crippen LogP contribution in [0.3, 0.4) is 0 Å². The summed E-state index contributed by atoms with van der Waals surface area (Å²) in [6.45, 7) is 3.58. The van der Waals surface area contributed by atoms with E-state index in [1.54, 1.807) is 43.3 Å². The van der Waals surface area contributed by atoms with Gasteiger partial charge in [-0.15, -0.1) is 0 Å². The van der Waals surface area contributed by atoms with E-state index in [1.165, 1.54) is 0 Å². The van der Waals surface area contributed by atoms with Crippen molar-refractivity contribution in [2.75, 3.05) is 5.32 Å². The molecule has 0 aliphatic carbocycles. The smallest absolute Gasteiger partial charge is 0.270 e. The number of hydrogen-bond acceptors (Lipinski definition) is 5. The van der Waals surface area contributed by atoms with Crippen molar-refractivity contribution in [3.63, 3.8) is 0 Å². The van der Waals surface area contributed by atoms with Crippen LogP contribution in [0.5, 0.6) is 0 Å². The number of nitrogens with one attached hydrogen (secondary N) is 2. The lowest BCUT2D eigenvalue weighted by Gasteiger charge is -2.13. The average Bonchev–Trinajstić information content (AvgIpc) is 2.71. The summed E-state index contributed by atoms with van der Waals surface area (Å²) in [5.41, 5.74) is 1.85. The molecule has 2 aromatic carbocycles. The van der Waals surface area contributed by atoms with E-state index in [-0.39, 0.29) is 22.3 Å². The van der Waals surface area contributed by atoms with Crippen LogP contribution in [0.2, 0.25) is 5.02 Å². The molecule has 1 unspecified atom stereocenters. The number of H-pyrrole nitrogens is 1. The quantitative estimate of drug-likeness (QED) is 0.467. The molecule has 0 bridgehead atoms. The van der Waals surface area contributed by atoms with E-state index in [0.717, 1.165) is 17.3 Å². The van der Waals surface area contributed by atoms with Crippen LogP contribution in [0, 0.1) is 18.3 Å². The zero-order valence-electron chi connectivity index (χ0n) is 15.7. The van der Waals surface area contributed by atoms with E-state index in [4.69, 9.17) is 11.6 Å². The Kier molecular flexibility index (Phi) is 6.37. The molecule has 0 saturated carbocycles. The predicted octanol–water partition coefficient (Wildman–Crippen LogP) is 4.39. The van der Waals surface area contributed by atoms with E-state index in [9.17, 15) is 14.9 Å². The Hall–Kier alpha value is -3.08. The van der Waals surface area contributed by atoms with Gasteiger partial charge in [0.25, 0.3) is 5.56 Å². The lowest BCUT2D eigenvalue weighted by molar-refractivity contribution is -0.115. The zero-order valence-corrected chi connectivity index (χ0v) is 17.3. The summed E-state index contributed by atoms with van der Waals surface area (Å²) in [6.07, 6.45) is 0. The molecule has 1 heterocycles. The fraction of sp³-hybridized carbons (Fsp3) is 0.143. The Morgan fingerprint density at radius 2 is 2.00 bits per heavy atom. The highest BCUT2D eigenvalue weighted by molar-refractivity contribution is 8.00. The highest BCUT2D eigenvalue weighted by Crippen LogP contribution is 2.25. The minimum atomic E-state index is -0.546. The molecular formula is C21H17ClN4O2S. The first-order valence-electron chi connectivity index (χ1n) is 8.72. The summed E-state index contributed by atoms with van der Waals surface area (Å²) in [4.78, 5) is 31.8. The monoisotopic (exact) mass is 424 g/mol. The third-order valence-corrected chi connectivity index (χ3v) is 5.55. The molecule has 0 spiro atoms. The van der Waals surface area contributed by atoms with Crippen molar-refractivity contribution < 1.29 is 4.79 Å². The Morgan fingerprint density at radius 3 is 2.66 bits per heavy atom. The number of hydrogen-bond donors (Lipinski definition) is 2. The standard InChI is InChI=1S/C21H17ClN4O2S/c1-12-8-9-15(10-17(12)22)24-19(27)13(2)29-21-25-18(14-6-4-3-5-7-14)16(11-23)20(28)26-21/h3-10,13H,1-2H3,(H,24,27)(H,25,26,28). The lowest BCUT2D eigenvalue weighted by Crippen LogP contribution is -2.23. The topological polar surface area (TPSA) is 98.6 Å². The van der Waals surface area contributed by atoms with Gasteiger partial charge in [-0.2, -0.15) is 5.26 Å². The molecule has 29 heavy (non-hydrogen) atoms. The molecule has 1 aromatic heterocycles. The van der Waals surface area contributed by atoms with Gasteiger partial charge in [-0.3, -0.25) is 9.59 Å². The zero-order chi connectivity index (χ0) is 21.0. The van der Waals surface area contributed by atoms with Gasteiger partial charge in [0, 0.05) is 16.3 Å². The number of thioether (sulfide) groups is 1. The Morgan fingerprint density at radius 1 is 1.28 bits per heavy atom. The number of aromatic amines is 1. The first-order valence-corrected chi connectivity index (χ1v) is 9.98. The second kappa shape index (κ2) is 8.95. The number of rotatable bonds is 5. The summed E-state index contributed by atoms with van der Waals surface area (Å²) in [7, 11) is 0. The maximum absolute atomic E-state index is 12.5. The van der Waals surface area contributed by atoms with Crippen LogP contribution in [-0.2, 0) is 4.79 Å². The maximum atomic E-state index is 12.5. The van der Waals surface area contributed by atoms with Crippen molar-refractivity contribution in [1.29, 1.82) is 5.26 Å². The maximum Gasteiger partial charge on any atom is 0.270 e. The Bertz CT molecular complexity index is 1160. The molecule has 0 radical (unpaired) electrons. The number of carbonyl (C=O) groups is 1. The van der Waals surface area contributed by atoms with E-state index >= 15 is 0 Å². The summed E-state index contributed by atoms with van der Waals surface area (Å²) in [5.74, 6) is -0.261. The van der Waals surface area contributed by atoms with E-state index < -0.39 is 10.8 Å². The number of carbonyl (C=O) groups excluding carboxylic acids is 1. The third kappa shape index (κ3) is 4.86. The highest BCUT2D eigenvalue weighted by Gasteiger charge is 2.19. The molecule has 1 atom stereocenters. The Balaban J connectivity index is 1.83. The second-order valence-electron chi connectivity index (χ2n) is 6.29. The predicted molar refractivity (Wildman–Crippen MR) is 115 cm³/mol. The minimum absolute atomic E-state index is 0.0630. The molecule has 0 saturated heterocycles. The second-order valence-corrected chi connectivity index (χ2v) is 8.02. The third-order valence-electron chi connectivity index (χ3n) is 4.15. The van der Waals surface area contributed by atoms with Crippen molar-refractivity contribution in [3.8, 4) is 17.3 Å². The number of anilines is 1. The van der Waals surface area contributed by atoms with Gasteiger partial charge in [0.2, 0.25) is 5.91 Å². The van der Waals surface area contributed by atoms with Crippen molar-refractivity contribution in [2.45, 2.75) is 24.3 Å². The van der Waals surface area contributed by atoms with Crippen LogP contribution >= 0.6 is 23.4 Å². The number of benzene rings is 2. The van der Waals surface area contributed by atoms with Crippen molar-refractivity contribution in [2.24, 2.45) is 0 Å². The van der Waals surface area contributed by atoms with Crippen LogP contribution < -0.4 is 10.9 Å². The Labute approximate surface area is 177 Å². The summed E-state index contributed by atoms with van der Waals surface area (Å²) in [5, 5.41) is 12.4. The first kappa shape index (κ1) is 20.6. The van der Waals surface area contributed by atoms with Crippen molar-refractivity contribution >= 4 is 35.0 Å². The molecule has 146 valence electrons. The van der Waals surface area contributed by atoms with Crippen LogP contribution in [0.1, 0.15) is 18.1 Å². The fourth-order valence-electron chi connectivity index (χ4n) is 2.55. The molecule has 0 fully saturated rings. The van der Waals surface area contributed by atoms with Gasteiger partial charge in [0.15, 0.2) is 5.16 Å². The number of nitrogens with zero attached hydrogens (tertiary/aromatic N) is 2. The van der Waals surface area contributed by atoms with Crippen LogP contribution in [0.15, 0.2) is 58.5 Å². The number of halogens is 1. The van der Waals surface area contributed by atoms with Gasteiger partial charge < -0.3 is 10.3 Å². The minimum Gasteiger partial charge on any atom is -0.325 e. The van der Waals surface area contributed by atoms with E-state index in [0.29, 0.717) is 16.3 Å². The number of aromatic nitrogens is 2. The highest BCUT2D eigenvalue weighted by atomic mass is 35.5. The van der Waals surface area contributed by atoms with Crippen molar-refractivity contribution in [3.05, 3.63) is 75.0 Å². The average molecular weight is 425 g/mol. The van der Waals surface area contributed by atoms with Gasteiger partial charge >= 0.3 is 0 Å². The molecule has 1 amide bonds. The van der Waals surface area contributed by atoms with Gasteiger partial charge in [-0.1, -0.05) is 59.8 Å². The molecule has 2 N–H and O–H groups in total. The van der Waals surface area contributed by atoms with Gasteiger partial charge in [-0.25, -0.2) is 4.98 Å². The van der Waals surface area contributed by atoms with Gasteiger partial charge in [-0.05, 0) is 31.5 Å². The van der Waals surface area contributed by atoms with Crippen LogP contribution in [-0.4, -0.2) is 21.1 Å². The normalized spacial score (nSPS) is 11.5.